The minimum absolute atomic E-state index is 0.349. The smallest absolute Gasteiger partial charge is 0.331 e. The Morgan fingerprint density at radius 3 is 2.25 bits per heavy atom. The van der Waals surface area contributed by atoms with Gasteiger partial charge in [0.05, 0.1) is 0 Å². The third kappa shape index (κ3) is 10.8. The molecule has 0 aliphatic rings. The predicted molar refractivity (Wildman–Crippen MR) is 66.6 cm³/mol. The summed E-state index contributed by atoms with van der Waals surface area (Å²) < 4.78 is 9.37. The summed E-state index contributed by atoms with van der Waals surface area (Å²) in [5.41, 5.74) is -0.657. The molecule has 0 aromatic carbocycles. The fourth-order valence-corrected chi connectivity index (χ4v) is 0.923. The molecule has 0 bridgehead atoms. The molecule has 0 aliphatic carbocycles. The number of nitrogens with one attached hydrogen (secondary N) is 1. The number of esters is 2. The molecule has 0 heterocycles. The van der Waals surface area contributed by atoms with Gasteiger partial charge in [0.2, 0.25) is 0 Å². The van der Waals surface area contributed by atoms with Crippen LogP contribution in [0.5, 0.6) is 0 Å². The lowest BCUT2D eigenvalue weighted by molar-refractivity contribution is -0.155. The van der Waals surface area contributed by atoms with Crippen LogP contribution < -0.4 is 5.32 Å². The molecule has 0 radical (unpaired) electrons. The van der Waals surface area contributed by atoms with Gasteiger partial charge >= 0.3 is 17.9 Å². The van der Waals surface area contributed by atoms with E-state index in [9.17, 15) is 19.2 Å². The van der Waals surface area contributed by atoms with Crippen LogP contribution >= 0.6 is 0 Å². The molecule has 0 atom stereocenters. The van der Waals surface area contributed by atoms with Gasteiger partial charge in [-0.25, -0.2) is 9.59 Å². The number of aliphatic carboxylic acids is 1. The van der Waals surface area contributed by atoms with Crippen LogP contribution in [-0.4, -0.2) is 47.7 Å². The Balaban J connectivity index is 3.93. The van der Waals surface area contributed by atoms with E-state index in [1.54, 1.807) is 20.8 Å². The Labute approximate surface area is 115 Å². The minimum Gasteiger partial charge on any atom is -0.478 e. The number of hydrogen-bond donors (Lipinski definition) is 2. The number of ether oxygens (including phenoxy) is 2. The molecule has 0 unspecified atom stereocenters. The maximum absolute atomic E-state index is 11.3. The first kappa shape index (κ1) is 17.6. The molecule has 1 amide bonds. The summed E-state index contributed by atoms with van der Waals surface area (Å²) in [6.45, 7) is 4.08. The highest BCUT2D eigenvalue weighted by Crippen LogP contribution is 2.06. The zero-order valence-corrected chi connectivity index (χ0v) is 11.5. The second-order valence-corrected chi connectivity index (χ2v) is 4.64. The monoisotopic (exact) mass is 287 g/mol. The second-order valence-electron chi connectivity index (χ2n) is 4.64. The lowest BCUT2D eigenvalue weighted by Crippen LogP contribution is -2.36. The zero-order chi connectivity index (χ0) is 15.8. The molecule has 8 heteroatoms. The summed E-state index contributed by atoms with van der Waals surface area (Å²) >= 11 is 0. The van der Waals surface area contributed by atoms with Crippen molar-refractivity contribution in [2.24, 2.45) is 0 Å². The molecular formula is C12H17NO7. The molecule has 20 heavy (non-hydrogen) atoms. The summed E-state index contributed by atoms with van der Waals surface area (Å²) in [6, 6.07) is 0. The predicted octanol–water partition coefficient (Wildman–Crippen LogP) is -0.372. The molecule has 0 aromatic heterocycles. The molecule has 0 rings (SSSR count). The Hall–Kier alpha value is -2.38. The van der Waals surface area contributed by atoms with Crippen molar-refractivity contribution in [1.82, 2.24) is 5.32 Å². The van der Waals surface area contributed by atoms with E-state index in [0.717, 1.165) is 0 Å². The highest BCUT2D eigenvalue weighted by Gasteiger charge is 2.16. The zero-order valence-electron chi connectivity index (χ0n) is 11.5. The van der Waals surface area contributed by atoms with Crippen molar-refractivity contribution >= 4 is 23.8 Å². The van der Waals surface area contributed by atoms with Crippen LogP contribution in [0.1, 0.15) is 20.8 Å². The Kier molecular flexibility index (Phi) is 6.98. The van der Waals surface area contributed by atoms with Crippen molar-refractivity contribution in [2.75, 3.05) is 13.2 Å². The topological polar surface area (TPSA) is 119 Å². The number of rotatable bonds is 6. The maximum atomic E-state index is 11.3. The van der Waals surface area contributed by atoms with Gasteiger partial charge < -0.3 is 19.9 Å². The highest BCUT2D eigenvalue weighted by atomic mass is 16.6. The second kappa shape index (κ2) is 7.93. The van der Waals surface area contributed by atoms with Crippen molar-refractivity contribution in [3.63, 3.8) is 0 Å². The van der Waals surface area contributed by atoms with Gasteiger partial charge in [-0.1, -0.05) is 0 Å². The van der Waals surface area contributed by atoms with Crippen LogP contribution in [-0.2, 0) is 28.7 Å². The number of carboxylic acids is 1. The first-order valence-electron chi connectivity index (χ1n) is 5.66. The summed E-state index contributed by atoms with van der Waals surface area (Å²) in [5.74, 6) is -3.60. The van der Waals surface area contributed by atoms with Crippen LogP contribution in [0.25, 0.3) is 0 Å². The van der Waals surface area contributed by atoms with Gasteiger partial charge in [-0.15, -0.1) is 0 Å². The molecule has 8 nitrogen and oxygen atoms in total. The normalized spacial score (nSPS) is 10.9. The van der Waals surface area contributed by atoms with E-state index in [2.05, 4.69) is 10.1 Å². The molecule has 0 spiro atoms. The molecule has 112 valence electrons. The highest BCUT2D eigenvalue weighted by molar-refractivity contribution is 5.92. The molecular weight excluding hydrogens is 270 g/mol. The van der Waals surface area contributed by atoms with Crippen molar-refractivity contribution in [1.29, 1.82) is 0 Å². The summed E-state index contributed by atoms with van der Waals surface area (Å²) in [6.07, 6.45) is 1.25. The van der Waals surface area contributed by atoms with Gasteiger partial charge in [0.15, 0.2) is 6.61 Å². The van der Waals surface area contributed by atoms with Crippen LogP contribution in [0.15, 0.2) is 12.2 Å². The lowest BCUT2D eigenvalue weighted by Gasteiger charge is -2.19. The molecule has 0 fully saturated rings. The van der Waals surface area contributed by atoms with E-state index < -0.39 is 36.0 Å². The van der Waals surface area contributed by atoms with Crippen molar-refractivity contribution in [2.45, 2.75) is 26.4 Å². The van der Waals surface area contributed by atoms with Gasteiger partial charge in [-0.2, -0.15) is 0 Å². The van der Waals surface area contributed by atoms with Gasteiger partial charge in [0.25, 0.3) is 5.91 Å². The van der Waals surface area contributed by atoms with E-state index in [1.165, 1.54) is 0 Å². The minimum atomic E-state index is -1.31. The van der Waals surface area contributed by atoms with E-state index in [-0.39, 0.29) is 6.54 Å². The number of hydrogen-bond acceptors (Lipinski definition) is 6. The average molecular weight is 287 g/mol. The fourth-order valence-electron chi connectivity index (χ4n) is 0.923. The first-order valence-corrected chi connectivity index (χ1v) is 5.66. The number of carbonyl (C=O) groups is 4. The lowest BCUT2D eigenvalue weighted by atomic mass is 10.2. The van der Waals surface area contributed by atoms with Crippen LogP contribution in [0.2, 0.25) is 0 Å². The van der Waals surface area contributed by atoms with E-state index in [0.29, 0.717) is 12.2 Å². The maximum Gasteiger partial charge on any atom is 0.331 e. The van der Waals surface area contributed by atoms with Gasteiger partial charge in [-0.05, 0) is 20.8 Å². The van der Waals surface area contributed by atoms with Crippen LogP contribution in [0.4, 0.5) is 0 Å². The van der Waals surface area contributed by atoms with Crippen molar-refractivity contribution < 1.29 is 33.8 Å². The third-order valence-corrected chi connectivity index (χ3v) is 1.56. The quantitative estimate of drug-likeness (QED) is 0.505. The molecule has 0 aromatic rings. The summed E-state index contributed by atoms with van der Waals surface area (Å²) in [7, 11) is 0. The number of amides is 1. The standard InChI is InChI=1S/C12H17NO7/c1-12(2,3)20-11(18)6-13-8(14)7-19-10(17)5-4-9(15)16/h4-5H,6-7H2,1-3H3,(H,13,14)(H,15,16). The average Bonchev–Trinajstić information content (AvgIpc) is 2.29. The Morgan fingerprint density at radius 1 is 1.15 bits per heavy atom. The van der Waals surface area contributed by atoms with Crippen molar-refractivity contribution in [3.05, 3.63) is 12.2 Å². The number of carboxylic acid groups (broad SMARTS) is 1. The third-order valence-electron chi connectivity index (χ3n) is 1.56. The molecule has 0 saturated heterocycles. The van der Waals surface area contributed by atoms with Gasteiger partial charge in [0, 0.05) is 12.2 Å². The Bertz CT molecular complexity index is 420. The molecule has 0 saturated carbocycles. The first-order chi connectivity index (χ1) is 9.10. The van der Waals surface area contributed by atoms with Crippen LogP contribution in [0.3, 0.4) is 0 Å². The van der Waals surface area contributed by atoms with Crippen LogP contribution in [0, 0.1) is 0 Å². The summed E-state index contributed by atoms with van der Waals surface area (Å²) in [4.78, 5) is 43.5. The van der Waals surface area contributed by atoms with E-state index in [4.69, 9.17) is 9.84 Å². The molecule has 2 N–H and O–H groups in total. The fraction of sp³-hybridized carbons (Fsp3) is 0.500. The van der Waals surface area contributed by atoms with Gasteiger partial charge in [-0.3, -0.25) is 9.59 Å². The van der Waals surface area contributed by atoms with E-state index in [1.807, 2.05) is 0 Å². The summed E-state index contributed by atoms with van der Waals surface area (Å²) in [5, 5.41) is 10.4. The Morgan fingerprint density at radius 2 is 1.75 bits per heavy atom. The van der Waals surface area contributed by atoms with E-state index >= 15 is 0 Å². The SMILES string of the molecule is CC(C)(C)OC(=O)CNC(=O)COC(=O)C=CC(=O)O. The van der Waals surface area contributed by atoms with Crippen molar-refractivity contribution in [3.8, 4) is 0 Å². The largest absolute Gasteiger partial charge is 0.478 e. The number of carbonyl (C=O) groups excluding carboxylic acids is 3. The molecule has 0 aliphatic heterocycles. The van der Waals surface area contributed by atoms with Gasteiger partial charge in [0.1, 0.15) is 12.1 Å².